The van der Waals surface area contributed by atoms with Crippen LogP contribution in [-0.4, -0.2) is 52.9 Å². The second-order valence-corrected chi connectivity index (χ2v) is 7.90. The number of methoxy groups -OCH3 is 3. The number of nitrogens with zero attached hydrogens (tertiary/aromatic N) is 1. The highest BCUT2D eigenvalue weighted by Gasteiger charge is 2.26. The van der Waals surface area contributed by atoms with Gasteiger partial charge in [-0.25, -0.2) is 0 Å². The molecule has 3 aromatic rings. The summed E-state index contributed by atoms with van der Waals surface area (Å²) in [6, 6.07) is 17.9. The molecule has 0 saturated heterocycles. The second kappa shape index (κ2) is 11.4. The molecule has 0 unspecified atom stereocenters. The number of benzene rings is 3. The van der Waals surface area contributed by atoms with Gasteiger partial charge in [0.1, 0.15) is 11.5 Å². The fraction of sp³-hybridized carbons (Fsp3) is 0.259. The highest BCUT2D eigenvalue weighted by Crippen LogP contribution is 2.39. The maximum Gasteiger partial charge on any atom is 0.265 e. The molecule has 3 aromatic carbocycles. The highest BCUT2D eigenvalue weighted by molar-refractivity contribution is 6.06. The molecule has 9 nitrogen and oxygen atoms in total. The Morgan fingerprint density at radius 2 is 1.69 bits per heavy atom. The van der Waals surface area contributed by atoms with Gasteiger partial charge in [-0.2, -0.15) is 0 Å². The molecule has 1 aliphatic heterocycles. The van der Waals surface area contributed by atoms with Gasteiger partial charge in [0.15, 0.2) is 18.1 Å². The van der Waals surface area contributed by atoms with Crippen molar-refractivity contribution in [2.24, 2.45) is 0 Å². The maximum atomic E-state index is 12.9. The molecule has 1 heterocycles. The third kappa shape index (κ3) is 5.46. The van der Waals surface area contributed by atoms with Crippen molar-refractivity contribution in [1.82, 2.24) is 0 Å². The first kappa shape index (κ1) is 24.7. The van der Waals surface area contributed by atoms with Gasteiger partial charge < -0.3 is 33.9 Å². The minimum atomic E-state index is -0.365. The van der Waals surface area contributed by atoms with Crippen molar-refractivity contribution in [3.05, 3.63) is 66.2 Å². The first-order valence-electron chi connectivity index (χ1n) is 11.4. The lowest BCUT2D eigenvalue weighted by Gasteiger charge is -2.29. The van der Waals surface area contributed by atoms with E-state index in [1.54, 1.807) is 35.2 Å². The standard InChI is InChI=1S/C27H28N2O7/c1-32-23-14-18(15-24(33-2)26(23)34-3)27(31)28-19-10-11-21-22(16-19)36-17-25(30)29(21)12-7-13-35-20-8-5-4-6-9-20/h4-6,8-11,14-16H,7,12-13,17H2,1-3H3,(H,28,31). The highest BCUT2D eigenvalue weighted by atomic mass is 16.5. The predicted molar refractivity (Wildman–Crippen MR) is 135 cm³/mol. The molecule has 0 saturated carbocycles. The third-order valence-electron chi connectivity index (χ3n) is 5.63. The first-order valence-corrected chi connectivity index (χ1v) is 11.4. The Labute approximate surface area is 209 Å². The van der Waals surface area contributed by atoms with Crippen LogP contribution < -0.4 is 33.9 Å². The van der Waals surface area contributed by atoms with Crippen molar-refractivity contribution in [3.8, 4) is 28.7 Å². The Balaban J connectivity index is 1.44. The van der Waals surface area contributed by atoms with E-state index in [2.05, 4.69) is 5.32 Å². The summed E-state index contributed by atoms with van der Waals surface area (Å²) in [5.41, 5.74) is 1.50. The van der Waals surface area contributed by atoms with E-state index in [-0.39, 0.29) is 18.4 Å². The summed E-state index contributed by atoms with van der Waals surface area (Å²) in [7, 11) is 4.47. The summed E-state index contributed by atoms with van der Waals surface area (Å²) in [6.07, 6.45) is 0.652. The van der Waals surface area contributed by atoms with Crippen molar-refractivity contribution in [2.75, 3.05) is 51.3 Å². The number of rotatable bonds is 10. The summed E-state index contributed by atoms with van der Waals surface area (Å²) in [5, 5.41) is 2.85. The van der Waals surface area contributed by atoms with Gasteiger partial charge >= 0.3 is 0 Å². The number of hydrogen-bond donors (Lipinski definition) is 1. The second-order valence-electron chi connectivity index (χ2n) is 7.90. The molecule has 2 amide bonds. The van der Waals surface area contributed by atoms with Crippen LogP contribution >= 0.6 is 0 Å². The van der Waals surface area contributed by atoms with E-state index in [1.807, 2.05) is 30.3 Å². The van der Waals surface area contributed by atoms with E-state index >= 15 is 0 Å². The van der Waals surface area contributed by atoms with Gasteiger partial charge in [-0.15, -0.1) is 0 Å². The van der Waals surface area contributed by atoms with E-state index in [9.17, 15) is 9.59 Å². The summed E-state index contributed by atoms with van der Waals surface area (Å²) in [4.78, 5) is 27.1. The summed E-state index contributed by atoms with van der Waals surface area (Å²) in [5.74, 6) is 1.97. The van der Waals surface area contributed by atoms with Gasteiger partial charge in [-0.3, -0.25) is 9.59 Å². The van der Waals surface area contributed by atoms with Crippen LogP contribution in [0, 0.1) is 0 Å². The molecule has 0 aliphatic carbocycles. The van der Waals surface area contributed by atoms with E-state index in [0.29, 0.717) is 59.5 Å². The summed E-state index contributed by atoms with van der Waals surface area (Å²) < 4.78 is 27.3. The molecule has 0 atom stereocenters. The molecular formula is C27H28N2O7. The van der Waals surface area contributed by atoms with Crippen molar-refractivity contribution in [1.29, 1.82) is 0 Å². The molecule has 1 N–H and O–H groups in total. The lowest BCUT2D eigenvalue weighted by molar-refractivity contribution is -0.121. The Morgan fingerprint density at radius 1 is 0.972 bits per heavy atom. The van der Waals surface area contributed by atoms with Crippen LogP contribution in [0.5, 0.6) is 28.7 Å². The van der Waals surface area contributed by atoms with Gasteiger partial charge in [0.25, 0.3) is 11.8 Å². The lowest BCUT2D eigenvalue weighted by atomic mass is 10.1. The van der Waals surface area contributed by atoms with E-state index in [4.69, 9.17) is 23.7 Å². The molecule has 188 valence electrons. The number of carbonyl (C=O) groups excluding carboxylic acids is 2. The number of anilines is 2. The number of carbonyl (C=O) groups is 2. The number of amides is 2. The van der Waals surface area contributed by atoms with Crippen LogP contribution in [0.4, 0.5) is 11.4 Å². The summed E-state index contributed by atoms with van der Waals surface area (Å²) >= 11 is 0. The fourth-order valence-electron chi connectivity index (χ4n) is 3.87. The largest absolute Gasteiger partial charge is 0.494 e. The number of para-hydroxylation sites is 1. The SMILES string of the molecule is COc1cc(C(=O)Nc2ccc3c(c2)OCC(=O)N3CCCOc2ccccc2)cc(OC)c1OC. The van der Waals surface area contributed by atoms with E-state index in [0.717, 1.165) is 5.75 Å². The van der Waals surface area contributed by atoms with Gasteiger partial charge in [0, 0.05) is 23.9 Å². The fourth-order valence-corrected chi connectivity index (χ4v) is 3.87. The lowest BCUT2D eigenvalue weighted by Crippen LogP contribution is -2.39. The zero-order valence-corrected chi connectivity index (χ0v) is 20.4. The van der Waals surface area contributed by atoms with Crippen LogP contribution in [0.1, 0.15) is 16.8 Å². The third-order valence-corrected chi connectivity index (χ3v) is 5.63. The zero-order valence-electron chi connectivity index (χ0n) is 20.4. The molecular weight excluding hydrogens is 464 g/mol. The van der Waals surface area contributed by atoms with Gasteiger partial charge in [0.2, 0.25) is 5.75 Å². The van der Waals surface area contributed by atoms with Crippen LogP contribution in [0.25, 0.3) is 0 Å². The van der Waals surface area contributed by atoms with Crippen LogP contribution in [0.2, 0.25) is 0 Å². The Kier molecular flexibility index (Phi) is 7.79. The Bertz CT molecular complexity index is 1210. The first-order chi connectivity index (χ1) is 17.5. The van der Waals surface area contributed by atoms with Crippen LogP contribution in [-0.2, 0) is 4.79 Å². The van der Waals surface area contributed by atoms with Crippen LogP contribution in [0.15, 0.2) is 60.7 Å². The normalized spacial score (nSPS) is 12.3. The van der Waals surface area contributed by atoms with Gasteiger partial charge in [-0.05, 0) is 42.8 Å². The molecule has 0 spiro atoms. The van der Waals surface area contributed by atoms with Crippen LogP contribution in [0.3, 0.4) is 0 Å². The monoisotopic (exact) mass is 492 g/mol. The molecule has 4 rings (SSSR count). The average molecular weight is 493 g/mol. The summed E-state index contributed by atoms with van der Waals surface area (Å²) in [6.45, 7) is 0.892. The molecule has 0 bridgehead atoms. The quantitative estimate of drug-likeness (QED) is 0.425. The average Bonchev–Trinajstić information content (AvgIpc) is 2.91. The molecule has 36 heavy (non-hydrogen) atoms. The van der Waals surface area contributed by atoms with Crippen molar-refractivity contribution < 1.29 is 33.3 Å². The Hall–Kier alpha value is -4.40. The number of nitrogens with one attached hydrogen (secondary N) is 1. The predicted octanol–water partition coefficient (Wildman–Crippen LogP) is 4.16. The zero-order chi connectivity index (χ0) is 25.5. The molecule has 0 aromatic heterocycles. The smallest absolute Gasteiger partial charge is 0.265 e. The minimum absolute atomic E-state index is 0.0726. The minimum Gasteiger partial charge on any atom is -0.494 e. The number of ether oxygens (including phenoxy) is 5. The van der Waals surface area contributed by atoms with Crippen molar-refractivity contribution in [3.63, 3.8) is 0 Å². The maximum absolute atomic E-state index is 12.9. The molecule has 0 fully saturated rings. The molecule has 1 aliphatic rings. The number of hydrogen-bond acceptors (Lipinski definition) is 7. The van der Waals surface area contributed by atoms with Gasteiger partial charge in [-0.1, -0.05) is 18.2 Å². The van der Waals surface area contributed by atoms with Crippen molar-refractivity contribution in [2.45, 2.75) is 6.42 Å². The van der Waals surface area contributed by atoms with E-state index in [1.165, 1.54) is 21.3 Å². The number of fused-ring (bicyclic) bond motifs is 1. The topological polar surface area (TPSA) is 95.6 Å². The van der Waals surface area contributed by atoms with E-state index < -0.39 is 0 Å². The van der Waals surface area contributed by atoms with Gasteiger partial charge in [0.05, 0.1) is 33.6 Å². The Morgan fingerprint density at radius 3 is 2.36 bits per heavy atom. The molecule has 9 heteroatoms. The molecule has 0 radical (unpaired) electrons. The van der Waals surface area contributed by atoms with Crippen molar-refractivity contribution >= 4 is 23.2 Å².